The lowest BCUT2D eigenvalue weighted by Crippen LogP contribution is -2.32. The van der Waals surface area contributed by atoms with Gasteiger partial charge in [0, 0.05) is 12.7 Å². The summed E-state index contributed by atoms with van der Waals surface area (Å²) in [5.41, 5.74) is 5.98. The number of anilines is 2. The number of sulfonamides is 1. The SMILES string of the molecule is N#CCCN(c1ccccc1)S(=O)(=O)c1ccc(N)nc1. The van der Waals surface area contributed by atoms with E-state index in [4.69, 9.17) is 11.0 Å². The lowest BCUT2D eigenvalue weighted by atomic mass is 10.3. The van der Waals surface area contributed by atoms with Gasteiger partial charge in [0.2, 0.25) is 0 Å². The van der Waals surface area contributed by atoms with Gasteiger partial charge in [0.05, 0.1) is 18.2 Å². The maximum atomic E-state index is 12.7. The first-order chi connectivity index (χ1) is 10.1. The van der Waals surface area contributed by atoms with Crippen LogP contribution < -0.4 is 10.0 Å². The summed E-state index contributed by atoms with van der Waals surface area (Å²) in [6.45, 7) is 0.0766. The van der Waals surface area contributed by atoms with Crippen molar-refractivity contribution in [3.63, 3.8) is 0 Å². The fraction of sp³-hybridized carbons (Fsp3) is 0.143. The molecule has 2 N–H and O–H groups in total. The Hall–Kier alpha value is -2.59. The first-order valence-electron chi connectivity index (χ1n) is 6.22. The Morgan fingerprint density at radius 3 is 2.48 bits per heavy atom. The van der Waals surface area contributed by atoms with Gasteiger partial charge in [-0.2, -0.15) is 5.26 Å². The van der Waals surface area contributed by atoms with Gasteiger partial charge in [0.15, 0.2) is 0 Å². The molecule has 2 rings (SSSR count). The topological polar surface area (TPSA) is 100 Å². The number of nitrogens with two attached hydrogens (primary N) is 1. The molecule has 0 spiro atoms. The van der Waals surface area contributed by atoms with E-state index in [2.05, 4.69) is 4.98 Å². The third kappa shape index (κ3) is 3.30. The number of nitrogen functional groups attached to an aromatic ring is 1. The molecule has 1 heterocycles. The van der Waals surface area contributed by atoms with E-state index in [1.54, 1.807) is 30.3 Å². The van der Waals surface area contributed by atoms with Crippen LogP contribution in [-0.4, -0.2) is 19.9 Å². The van der Waals surface area contributed by atoms with Gasteiger partial charge < -0.3 is 5.73 Å². The number of benzene rings is 1. The van der Waals surface area contributed by atoms with Gasteiger partial charge >= 0.3 is 0 Å². The van der Waals surface area contributed by atoms with Crippen molar-refractivity contribution < 1.29 is 8.42 Å². The molecule has 21 heavy (non-hydrogen) atoms. The minimum atomic E-state index is -3.78. The lowest BCUT2D eigenvalue weighted by Gasteiger charge is -2.23. The maximum Gasteiger partial charge on any atom is 0.265 e. The molecule has 0 amide bonds. The van der Waals surface area contributed by atoms with Gasteiger partial charge in [-0.15, -0.1) is 0 Å². The second-order valence-corrected chi connectivity index (χ2v) is 6.10. The summed E-state index contributed by atoms with van der Waals surface area (Å²) in [4.78, 5) is 3.85. The first-order valence-corrected chi connectivity index (χ1v) is 7.66. The van der Waals surface area contributed by atoms with E-state index in [9.17, 15) is 8.42 Å². The fourth-order valence-electron chi connectivity index (χ4n) is 1.81. The first kappa shape index (κ1) is 14.8. The normalized spacial score (nSPS) is 10.8. The Balaban J connectivity index is 2.45. The van der Waals surface area contributed by atoms with Crippen molar-refractivity contribution in [2.75, 3.05) is 16.6 Å². The molecule has 0 aliphatic carbocycles. The summed E-state index contributed by atoms with van der Waals surface area (Å²) in [5, 5.41) is 8.73. The van der Waals surface area contributed by atoms with Crippen molar-refractivity contribution in [1.82, 2.24) is 4.98 Å². The average Bonchev–Trinajstić information content (AvgIpc) is 2.49. The van der Waals surface area contributed by atoms with Gasteiger partial charge in [-0.05, 0) is 24.3 Å². The summed E-state index contributed by atoms with van der Waals surface area (Å²) in [6, 6.07) is 13.4. The molecule has 2 aromatic rings. The molecule has 0 saturated carbocycles. The molecule has 0 aliphatic heterocycles. The largest absolute Gasteiger partial charge is 0.384 e. The highest BCUT2D eigenvalue weighted by Crippen LogP contribution is 2.23. The lowest BCUT2D eigenvalue weighted by molar-refractivity contribution is 0.590. The molecule has 0 radical (unpaired) electrons. The van der Waals surface area contributed by atoms with E-state index in [-0.39, 0.29) is 23.7 Å². The number of hydrogen-bond acceptors (Lipinski definition) is 5. The van der Waals surface area contributed by atoms with Crippen LogP contribution >= 0.6 is 0 Å². The molecule has 0 unspecified atom stereocenters. The highest BCUT2D eigenvalue weighted by molar-refractivity contribution is 7.92. The number of hydrogen-bond donors (Lipinski definition) is 1. The molecular weight excluding hydrogens is 288 g/mol. The zero-order chi connectivity index (χ0) is 15.3. The zero-order valence-electron chi connectivity index (χ0n) is 11.2. The summed E-state index contributed by atoms with van der Waals surface area (Å²) in [6.07, 6.45) is 1.31. The summed E-state index contributed by atoms with van der Waals surface area (Å²) in [7, 11) is -3.78. The van der Waals surface area contributed by atoms with E-state index in [1.807, 2.05) is 6.07 Å². The molecule has 108 valence electrons. The minimum Gasteiger partial charge on any atom is -0.384 e. The van der Waals surface area contributed by atoms with E-state index in [0.29, 0.717) is 5.69 Å². The van der Waals surface area contributed by atoms with Crippen LogP contribution in [0.25, 0.3) is 0 Å². The number of pyridine rings is 1. The summed E-state index contributed by atoms with van der Waals surface area (Å²) in [5.74, 6) is 0.247. The third-order valence-corrected chi connectivity index (χ3v) is 4.63. The Morgan fingerprint density at radius 1 is 1.19 bits per heavy atom. The quantitative estimate of drug-likeness (QED) is 0.907. The monoisotopic (exact) mass is 302 g/mol. The number of rotatable bonds is 5. The van der Waals surface area contributed by atoms with Crippen LogP contribution in [-0.2, 0) is 10.0 Å². The van der Waals surface area contributed by atoms with Gasteiger partial charge in [-0.3, -0.25) is 4.31 Å². The average molecular weight is 302 g/mol. The van der Waals surface area contributed by atoms with Crippen molar-refractivity contribution in [2.45, 2.75) is 11.3 Å². The Labute approximate surface area is 123 Å². The number of nitrogens with zero attached hydrogens (tertiary/aromatic N) is 3. The Kier molecular flexibility index (Phi) is 4.40. The molecule has 1 aromatic carbocycles. The molecule has 0 aliphatic rings. The number of para-hydroxylation sites is 1. The van der Waals surface area contributed by atoms with E-state index in [1.165, 1.54) is 22.6 Å². The standard InChI is InChI=1S/C14H14N4O2S/c15-9-4-10-18(12-5-2-1-3-6-12)21(19,20)13-7-8-14(16)17-11-13/h1-3,5-8,11H,4,10H2,(H2,16,17). The summed E-state index contributed by atoms with van der Waals surface area (Å²) >= 11 is 0. The van der Waals surface area contributed by atoms with E-state index in [0.717, 1.165) is 0 Å². The van der Waals surface area contributed by atoms with Crippen molar-refractivity contribution in [3.8, 4) is 6.07 Å². The van der Waals surface area contributed by atoms with Crippen LogP contribution in [0.2, 0.25) is 0 Å². The van der Waals surface area contributed by atoms with Gasteiger partial charge in [-0.25, -0.2) is 13.4 Å². The predicted octanol–water partition coefficient (Wildman–Crippen LogP) is 1.77. The van der Waals surface area contributed by atoms with Crippen LogP contribution in [0, 0.1) is 11.3 Å². The highest BCUT2D eigenvalue weighted by Gasteiger charge is 2.24. The Morgan fingerprint density at radius 2 is 1.90 bits per heavy atom. The number of aromatic nitrogens is 1. The third-order valence-electron chi connectivity index (χ3n) is 2.82. The molecule has 0 fully saturated rings. The molecule has 0 atom stereocenters. The molecular formula is C14H14N4O2S. The van der Waals surface area contributed by atoms with Gasteiger partial charge in [-0.1, -0.05) is 18.2 Å². The van der Waals surface area contributed by atoms with Crippen LogP contribution in [0.15, 0.2) is 53.6 Å². The van der Waals surface area contributed by atoms with E-state index < -0.39 is 10.0 Å². The molecule has 1 aromatic heterocycles. The van der Waals surface area contributed by atoms with Crippen molar-refractivity contribution >= 4 is 21.5 Å². The summed E-state index contributed by atoms with van der Waals surface area (Å²) < 4.78 is 26.6. The predicted molar refractivity (Wildman–Crippen MR) is 79.9 cm³/mol. The Bertz CT molecular complexity index is 737. The van der Waals surface area contributed by atoms with Crippen molar-refractivity contribution in [1.29, 1.82) is 5.26 Å². The highest BCUT2D eigenvalue weighted by atomic mass is 32.2. The number of nitriles is 1. The fourth-order valence-corrected chi connectivity index (χ4v) is 3.22. The van der Waals surface area contributed by atoms with Crippen LogP contribution in [0.3, 0.4) is 0 Å². The van der Waals surface area contributed by atoms with Crippen molar-refractivity contribution in [3.05, 3.63) is 48.7 Å². The zero-order valence-corrected chi connectivity index (χ0v) is 12.0. The molecule has 7 heteroatoms. The minimum absolute atomic E-state index is 0.0403. The molecule has 6 nitrogen and oxygen atoms in total. The maximum absolute atomic E-state index is 12.7. The molecule has 0 saturated heterocycles. The van der Waals surface area contributed by atoms with Gasteiger partial charge in [0.1, 0.15) is 10.7 Å². The van der Waals surface area contributed by atoms with Crippen LogP contribution in [0.5, 0.6) is 0 Å². The molecule has 0 bridgehead atoms. The second kappa shape index (κ2) is 6.24. The van der Waals surface area contributed by atoms with Crippen molar-refractivity contribution in [2.24, 2.45) is 0 Å². The van der Waals surface area contributed by atoms with Gasteiger partial charge in [0.25, 0.3) is 10.0 Å². The second-order valence-electron chi connectivity index (χ2n) is 4.24. The van der Waals surface area contributed by atoms with Crippen LogP contribution in [0.1, 0.15) is 6.42 Å². The smallest absolute Gasteiger partial charge is 0.265 e. The van der Waals surface area contributed by atoms with E-state index >= 15 is 0 Å². The van der Waals surface area contributed by atoms with Crippen LogP contribution in [0.4, 0.5) is 11.5 Å².